The van der Waals surface area contributed by atoms with E-state index in [1.165, 1.54) is 11.1 Å². The molecular weight excluding hydrogens is 340 g/mol. The van der Waals surface area contributed by atoms with E-state index < -0.39 is 0 Å². The number of rotatable bonds is 3. The number of nitrogens with zero attached hydrogens (tertiary/aromatic N) is 2. The first-order valence-corrected chi connectivity index (χ1v) is 8.93. The fraction of sp³-hybridized carbons (Fsp3) is 0.174. The zero-order valence-corrected chi connectivity index (χ0v) is 16.2. The van der Waals surface area contributed by atoms with Gasteiger partial charge < -0.3 is 4.57 Å². The lowest BCUT2D eigenvalue weighted by Gasteiger charge is -2.12. The van der Waals surface area contributed by atoms with Gasteiger partial charge in [0.25, 0.3) is 0 Å². The second-order valence-electron chi connectivity index (χ2n) is 6.58. The van der Waals surface area contributed by atoms with Crippen LogP contribution >= 0.6 is 11.6 Å². The third-order valence-electron chi connectivity index (χ3n) is 4.80. The van der Waals surface area contributed by atoms with Crippen molar-refractivity contribution in [2.24, 2.45) is 0 Å². The first-order valence-electron chi connectivity index (χ1n) is 8.55. The van der Waals surface area contributed by atoms with Gasteiger partial charge in [-0.15, -0.1) is 0 Å². The van der Waals surface area contributed by atoms with E-state index in [0.29, 0.717) is 10.6 Å². The lowest BCUT2D eigenvalue weighted by atomic mass is 10.0. The quantitative estimate of drug-likeness (QED) is 0.495. The Hall–Kier alpha value is -2.76. The van der Waals surface area contributed by atoms with E-state index in [1.807, 2.05) is 24.3 Å². The minimum Gasteiger partial charge on any atom is -0.318 e. The molecular formula is C23H21ClN2. The summed E-state index contributed by atoms with van der Waals surface area (Å²) >= 11 is 6.27. The van der Waals surface area contributed by atoms with Crippen molar-refractivity contribution in [3.8, 4) is 11.8 Å². The van der Waals surface area contributed by atoms with Gasteiger partial charge in [-0.2, -0.15) is 5.26 Å². The van der Waals surface area contributed by atoms with Gasteiger partial charge in [0.1, 0.15) is 0 Å². The number of hydrogen-bond acceptors (Lipinski definition) is 1. The molecule has 0 bridgehead atoms. The summed E-state index contributed by atoms with van der Waals surface area (Å²) in [6.45, 7) is 8.40. The Morgan fingerprint density at radius 1 is 1.00 bits per heavy atom. The van der Waals surface area contributed by atoms with E-state index in [-0.39, 0.29) is 0 Å². The molecule has 0 amide bonds. The zero-order valence-electron chi connectivity index (χ0n) is 15.5. The molecule has 3 rings (SSSR count). The first kappa shape index (κ1) is 18.0. The molecule has 130 valence electrons. The average Bonchev–Trinajstić information content (AvgIpc) is 2.89. The number of aryl methyl sites for hydroxylation is 3. The predicted octanol–water partition coefficient (Wildman–Crippen LogP) is 6.43. The molecule has 1 heterocycles. The van der Waals surface area contributed by atoms with E-state index in [4.69, 9.17) is 11.6 Å². The van der Waals surface area contributed by atoms with Gasteiger partial charge in [0.05, 0.1) is 11.6 Å². The van der Waals surface area contributed by atoms with Crippen LogP contribution in [0.1, 0.15) is 33.6 Å². The van der Waals surface area contributed by atoms with Crippen LogP contribution in [0.3, 0.4) is 0 Å². The van der Waals surface area contributed by atoms with E-state index >= 15 is 0 Å². The highest BCUT2D eigenvalue weighted by atomic mass is 35.5. The molecule has 0 radical (unpaired) electrons. The van der Waals surface area contributed by atoms with Crippen LogP contribution < -0.4 is 0 Å². The fourth-order valence-electron chi connectivity index (χ4n) is 3.20. The molecule has 0 saturated carbocycles. The van der Waals surface area contributed by atoms with Crippen LogP contribution in [0.15, 0.2) is 48.5 Å². The Labute approximate surface area is 160 Å². The highest BCUT2D eigenvalue weighted by molar-refractivity contribution is 6.32. The Morgan fingerprint density at radius 2 is 1.73 bits per heavy atom. The topological polar surface area (TPSA) is 28.7 Å². The molecule has 0 unspecified atom stereocenters. The summed E-state index contributed by atoms with van der Waals surface area (Å²) in [5.74, 6) is 0. The van der Waals surface area contributed by atoms with Gasteiger partial charge in [0.2, 0.25) is 0 Å². The smallest absolute Gasteiger partial charge is 0.0998 e. The summed E-state index contributed by atoms with van der Waals surface area (Å²) in [6.07, 6.45) is 1.92. The Bertz CT molecular complexity index is 1050. The molecule has 2 aromatic carbocycles. The van der Waals surface area contributed by atoms with Gasteiger partial charge in [-0.3, -0.25) is 0 Å². The van der Waals surface area contributed by atoms with Crippen molar-refractivity contribution >= 4 is 23.3 Å². The SMILES string of the molecule is Cc1ccc(-n2c(C)cc(C=C(C#N)c3ccccc3Cl)c2C)cc1C. The van der Waals surface area contributed by atoms with Gasteiger partial charge in [-0.1, -0.05) is 35.9 Å². The third kappa shape index (κ3) is 3.31. The molecule has 0 aliphatic carbocycles. The first-order chi connectivity index (χ1) is 12.4. The molecule has 2 nitrogen and oxygen atoms in total. The standard InChI is InChI=1S/C23H21ClN2/c1-15-9-10-21(11-16(15)2)26-17(3)12-19(18(26)4)13-20(14-25)22-7-5-6-8-23(22)24/h5-13H,1-4H3. The largest absolute Gasteiger partial charge is 0.318 e. The van der Waals surface area contributed by atoms with Gasteiger partial charge >= 0.3 is 0 Å². The molecule has 0 fully saturated rings. The molecule has 0 saturated heterocycles. The maximum Gasteiger partial charge on any atom is 0.0998 e. The van der Waals surface area contributed by atoms with Gasteiger partial charge in [-0.05, 0) is 74.7 Å². The molecule has 26 heavy (non-hydrogen) atoms. The predicted molar refractivity (Wildman–Crippen MR) is 110 cm³/mol. The minimum absolute atomic E-state index is 0.566. The van der Waals surface area contributed by atoms with E-state index in [2.05, 4.69) is 62.6 Å². The normalized spacial score (nSPS) is 11.5. The van der Waals surface area contributed by atoms with Crippen LogP contribution in [0.5, 0.6) is 0 Å². The van der Waals surface area contributed by atoms with Crippen molar-refractivity contribution in [1.29, 1.82) is 5.26 Å². The molecule has 0 N–H and O–H groups in total. The van der Waals surface area contributed by atoms with Crippen molar-refractivity contribution in [3.63, 3.8) is 0 Å². The molecule has 0 aliphatic rings. The van der Waals surface area contributed by atoms with Gasteiger partial charge in [0, 0.05) is 27.7 Å². The molecule has 0 spiro atoms. The maximum absolute atomic E-state index is 9.63. The van der Waals surface area contributed by atoms with Crippen LogP contribution in [-0.2, 0) is 0 Å². The van der Waals surface area contributed by atoms with Crippen LogP contribution in [0.2, 0.25) is 5.02 Å². The molecule has 0 atom stereocenters. The van der Waals surface area contributed by atoms with Crippen LogP contribution in [0.4, 0.5) is 0 Å². The van der Waals surface area contributed by atoms with Crippen LogP contribution in [-0.4, -0.2) is 4.57 Å². The number of hydrogen-bond donors (Lipinski definition) is 0. The Balaban J connectivity index is 2.12. The van der Waals surface area contributed by atoms with Gasteiger partial charge in [-0.25, -0.2) is 0 Å². The summed E-state index contributed by atoms with van der Waals surface area (Å²) in [6, 6.07) is 18.3. The van der Waals surface area contributed by atoms with Crippen LogP contribution in [0.25, 0.3) is 17.3 Å². The highest BCUT2D eigenvalue weighted by Gasteiger charge is 2.12. The van der Waals surface area contributed by atoms with Crippen molar-refractivity contribution in [2.75, 3.05) is 0 Å². The second-order valence-corrected chi connectivity index (χ2v) is 6.99. The number of allylic oxidation sites excluding steroid dienone is 1. The average molecular weight is 361 g/mol. The highest BCUT2D eigenvalue weighted by Crippen LogP contribution is 2.28. The third-order valence-corrected chi connectivity index (χ3v) is 5.13. The van der Waals surface area contributed by atoms with Gasteiger partial charge in [0.15, 0.2) is 0 Å². The van der Waals surface area contributed by atoms with Crippen molar-refractivity contribution in [1.82, 2.24) is 4.57 Å². The lowest BCUT2D eigenvalue weighted by Crippen LogP contribution is -2.00. The summed E-state index contributed by atoms with van der Waals surface area (Å²) in [7, 11) is 0. The summed E-state index contributed by atoms with van der Waals surface area (Å²) in [5.41, 5.74) is 8.27. The zero-order chi connectivity index (χ0) is 18.8. The molecule has 3 heteroatoms. The molecule has 1 aromatic heterocycles. The second kappa shape index (κ2) is 7.23. The summed E-state index contributed by atoms with van der Waals surface area (Å²) in [4.78, 5) is 0. The van der Waals surface area contributed by atoms with Crippen LogP contribution in [0, 0.1) is 39.0 Å². The lowest BCUT2D eigenvalue weighted by molar-refractivity contribution is 0.961. The maximum atomic E-state index is 9.63. The summed E-state index contributed by atoms with van der Waals surface area (Å²) < 4.78 is 2.22. The summed E-state index contributed by atoms with van der Waals surface area (Å²) in [5, 5.41) is 10.2. The number of aromatic nitrogens is 1. The Morgan fingerprint density at radius 3 is 2.38 bits per heavy atom. The van der Waals surface area contributed by atoms with Crippen molar-refractivity contribution in [2.45, 2.75) is 27.7 Å². The monoisotopic (exact) mass is 360 g/mol. The number of nitriles is 1. The van der Waals surface area contributed by atoms with E-state index in [0.717, 1.165) is 28.2 Å². The molecule has 0 aliphatic heterocycles. The van der Waals surface area contributed by atoms with Crippen molar-refractivity contribution < 1.29 is 0 Å². The molecule has 3 aromatic rings. The Kier molecular flexibility index (Phi) is 5.02. The fourth-order valence-corrected chi connectivity index (χ4v) is 3.44. The van der Waals surface area contributed by atoms with Crippen molar-refractivity contribution in [3.05, 3.63) is 87.2 Å². The van der Waals surface area contributed by atoms with E-state index in [9.17, 15) is 5.26 Å². The number of halogens is 1. The number of benzene rings is 2. The van der Waals surface area contributed by atoms with E-state index in [1.54, 1.807) is 6.07 Å². The minimum atomic E-state index is 0.566.